The van der Waals surface area contributed by atoms with Crippen LogP contribution in [-0.2, 0) is 11.3 Å². The van der Waals surface area contributed by atoms with Gasteiger partial charge in [0.1, 0.15) is 0 Å². The number of hydrogen-bond acceptors (Lipinski definition) is 5. The average Bonchev–Trinajstić information content (AvgIpc) is 2.74. The summed E-state index contributed by atoms with van der Waals surface area (Å²) in [4.78, 5) is 2.26. The number of rotatable bonds is 5. The van der Waals surface area contributed by atoms with E-state index >= 15 is 0 Å². The van der Waals surface area contributed by atoms with Gasteiger partial charge in [0, 0.05) is 19.6 Å². The second-order valence-electron chi connectivity index (χ2n) is 4.92. The van der Waals surface area contributed by atoms with Crippen molar-refractivity contribution in [2.45, 2.75) is 32.0 Å². The third-order valence-corrected chi connectivity index (χ3v) is 4.02. The van der Waals surface area contributed by atoms with Crippen molar-refractivity contribution in [3.63, 3.8) is 0 Å². The van der Waals surface area contributed by atoms with Gasteiger partial charge in [0.25, 0.3) is 0 Å². The van der Waals surface area contributed by atoms with Crippen LogP contribution in [0.15, 0.2) is 10.7 Å². The molecule has 2 unspecified atom stereocenters. The maximum absolute atomic E-state index is 5.87. The Bertz CT molecular complexity index is 411. The van der Waals surface area contributed by atoms with Gasteiger partial charge in [-0.1, -0.05) is 6.92 Å². The number of aryl methyl sites for hydroxylation is 1. The topological polar surface area (TPSA) is 68.3 Å². The third-order valence-electron chi connectivity index (χ3n) is 3.41. The maximum Gasteiger partial charge on any atom is 0.0925 e. The van der Waals surface area contributed by atoms with Crippen molar-refractivity contribution in [3.05, 3.63) is 16.4 Å². The number of nitrogens with two attached hydrogens (primary N) is 1. The molecule has 1 aromatic rings. The number of likely N-dealkylation sites (N-methyl/N-ethyl adjacent to an activating group) is 1. The van der Waals surface area contributed by atoms with Crippen LogP contribution in [0.3, 0.4) is 0 Å². The molecular formula is C12H22BrN5O. The molecule has 0 bridgehead atoms. The molecule has 6 nitrogen and oxygen atoms in total. The van der Waals surface area contributed by atoms with E-state index in [4.69, 9.17) is 10.6 Å². The molecule has 19 heavy (non-hydrogen) atoms. The Morgan fingerprint density at radius 3 is 3.11 bits per heavy atom. The lowest BCUT2D eigenvalue weighted by atomic mass is 10.1. The predicted octanol–water partition coefficient (Wildman–Crippen LogP) is 0.891. The minimum Gasteiger partial charge on any atom is -0.373 e. The first-order valence-corrected chi connectivity index (χ1v) is 7.44. The van der Waals surface area contributed by atoms with E-state index in [-0.39, 0.29) is 12.1 Å². The molecule has 1 saturated heterocycles. The van der Waals surface area contributed by atoms with Crippen LogP contribution in [0.2, 0.25) is 0 Å². The summed E-state index contributed by atoms with van der Waals surface area (Å²) in [5.74, 6) is 5.76. The van der Waals surface area contributed by atoms with Crippen LogP contribution in [0.1, 0.15) is 25.1 Å². The fourth-order valence-corrected chi connectivity index (χ4v) is 2.99. The Labute approximate surface area is 122 Å². The number of hydrogen-bond donors (Lipinski definition) is 2. The number of nitrogens with one attached hydrogen (secondary N) is 1. The first-order chi connectivity index (χ1) is 9.17. The van der Waals surface area contributed by atoms with Gasteiger partial charge in [-0.2, -0.15) is 5.10 Å². The van der Waals surface area contributed by atoms with Gasteiger partial charge in [-0.3, -0.25) is 10.5 Å². The molecule has 0 saturated carbocycles. The van der Waals surface area contributed by atoms with Crippen LogP contribution < -0.4 is 11.3 Å². The van der Waals surface area contributed by atoms with E-state index in [9.17, 15) is 0 Å². The number of aromatic nitrogens is 2. The molecule has 0 spiro atoms. The second-order valence-corrected chi connectivity index (χ2v) is 5.77. The SMILES string of the molecule is CCCn1ncc(Br)c1C(NN)C1CN(C)CCO1. The van der Waals surface area contributed by atoms with E-state index in [1.807, 2.05) is 10.9 Å². The Kier molecular flexibility index (Phi) is 5.35. The van der Waals surface area contributed by atoms with Crippen molar-refractivity contribution in [2.24, 2.45) is 5.84 Å². The molecule has 2 heterocycles. The van der Waals surface area contributed by atoms with Gasteiger partial charge < -0.3 is 9.64 Å². The minimum absolute atomic E-state index is 0.0346. The molecule has 0 amide bonds. The van der Waals surface area contributed by atoms with Crippen LogP contribution in [0.4, 0.5) is 0 Å². The highest BCUT2D eigenvalue weighted by atomic mass is 79.9. The molecule has 1 fully saturated rings. The highest BCUT2D eigenvalue weighted by Crippen LogP contribution is 2.28. The van der Waals surface area contributed by atoms with Crippen molar-refractivity contribution in [3.8, 4) is 0 Å². The minimum atomic E-state index is -0.0637. The summed E-state index contributed by atoms with van der Waals surface area (Å²) in [6, 6.07) is -0.0637. The third kappa shape index (κ3) is 3.35. The molecule has 3 N–H and O–H groups in total. The summed E-state index contributed by atoms with van der Waals surface area (Å²) < 4.78 is 8.83. The molecule has 1 aromatic heterocycles. The normalized spacial score (nSPS) is 22.6. The van der Waals surface area contributed by atoms with Crippen molar-refractivity contribution in [1.29, 1.82) is 0 Å². The van der Waals surface area contributed by atoms with Crippen molar-refractivity contribution < 1.29 is 4.74 Å². The standard InChI is InChI=1S/C12H22BrN5O/c1-3-4-18-12(9(13)7-15-18)11(16-14)10-8-17(2)5-6-19-10/h7,10-11,16H,3-6,8,14H2,1-2H3. The summed E-state index contributed by atoms with van der Waals surface area (Å²) in [5, 5.41) is 4.39. The van der Waals surface area contributed by atoms with E-state index in [1.165, 1.54) is 0 Å². The van der Waals surface area contributed by atoms with E-state index in [1.54, 1.807) is 0 Å². The van der Waals surface area contributed by atoms with Gasteiger partial charge in [-0.15, -0.1) is 0 Å². The van der Waals surface area contributed by atoms with E-state index in [0.29, 0.717) is 0 Å². The van der Waals surface area contributed by atoms with Crippen molar-refractivity contribution in [2.75, 3.05) is 26.7 Å². The molecule has 7 heteroatoms. The zero-order valence-electron chi connectivity index (χ0n) is 11.5. The molecule has 0 aromatic carbocycles. The van der Waals surface area contributed by atoms with Crippen molar-refractivity contribution >= 4 is 15.9 Å². The molecule has 2 rings (SSSR count). The Hall–Kier alpha value is -0.470. The van der Waals surface area contributed by atoms with E-state index < -0.39 is 0 Å². The van der Waals surface area contributed by atoms with Gasteiger partial charge >= 0.3 is 0 Å². The fourth-order valence-electron chi connectivity index (χ4n) is 2.45. The Balaban J connectivity index is 2.23. The number of halogens is 1. The number of ether oxygens (including phenoxy) is 1. The molecule has 0 radical (unpaired) electrons. The monoisotopic (exact) mass is 331 g/mol. The van der Waals surface area contributed by atoms with Gasteiger partial charge in [0.15, 0.2) is 0 Å². The lowest BCUT2D eigenvalue weighted by molar-refractivity contribution is -0.0408. The number of morpholine rings is 1. The fraction of sp³-hybridized carbons (Fsp3) is 0.750. The summed E-state index contributed by atoms with van der Waals surface area (Å²) in [5.41, 5.74) is 3.95. The van der Waals surface area contributed by atoms with E-state index in [0.717, 1.165) is 42.8 Å². The average molecular weight is 332 g/mol. The highest BCUT2D eigenvalue weighted by molar-refractivity contribution is 9.10. The Morgan fingerprint density at radius 1 is 1.68 bits per heavy atom. The van der Waals surface area contributed by atoms with Crippen LogP contribution in [0.5, 0.6) is 0 Å². The van der Waals surface area contributed by atoms with Crippen LogP contribution in [0, 0.1) is 0 Å². The smallest absolute Gasteiger partial charge is 0.0925 e. The number of nitrogens with zero attached hydrogens (tertiary/aromatic N) is 3. The molecular weight excluding hydrogens is 310 g/mol. The lowest BCUT2D eigenvalue weighted by Crippen LogP contribution is -2.49. The summed E-state index contributed by atoms with van der Waals surface area (Å²) in [6.45, 7) is 5.57. The zero-order valence-corrected chi connectivity index (χ0v) is 13.1. The molecule has 108 valence electrons. The van der Waals surface area contributed by atoms with Crippen LogP contribution >= 0.6 is 15.9 Å². The van der Waals surface area contributed by atoms with Gasteiger partial charge in [0.05, 0.1) is 35.1 Å². The first-order valence-electron chi connectivity index (χ1n) is 6.64. The molecule has 1 aliphatic heterocycles. The van der Waals surface area contributed by atoms with Crippen LogP contribution in [0.25, 0.3) is 0 Å². The zero-order chi connectivity index (χ0) is 13.8. The lowest BCUT2D eigenvalue weighted by Gasteiger charge is -2.35. The maximum atomic E-state index is 5.87. The largest absolute Gasteiger partial charge is 0.373 e. The number of hydrazine groups is 1. The second kappa shape index (κ2) is 6.81. The quantitative estimate of drug-likeness (QED) is 0.619. The Morgan fingerprint density at radius 2 is 2.47 bits per heavy atom. The highest BCUT2D eigenvalue weighted by Gasteiger charge is 2.31. The first kappa shape index (κ1) is 14.9. The molecule has 1 aliphatic rings. The van der Waals surface area contributed by atoms with Gasteiger partial charge in [-0.25, -0.2) is 5.43 Å². The summed E-state index contributed by atoms with van der Waals surface area (Å²) in [6.07, 6.45) is 2.89. The molecule has 2 atom stereocenters. The van der Waals surface area contributed by atoms with Gasteiger partial charge in [0.2, 0.25) is 0 Å². The van der Waals surface area contributed by atoms with Crippen molar-refractivity contribution in [1.82, 2.24) is 20.1 Å². The summed E-state index contributed by atoms with van der Waals surface area (Å²) in [7, 11) is 2.10. The molecule has 0 aliphatic carbocycles. The van der Waals surface area contributed by atoms with Crippen LogP contribution in [-0.4, -0.2) is 47.5 Å². The van der Waals surface area contributed by atoms with E-state index in [2.05, 4.69) is 45.3 Å². The summed E-state index contributed by atoms with van der Waals surface area (Å²) >= 11 is 3.56. The van der Waals surface area contributed by atoms with Gasteiger partial charge in [-0.05, 0) is 29.4 Å². The predicted molar refractivity (Wildman–Crippen MR) is 77.5 cm³/mol.